The zero-order valence-corrected chi connectivity index (χ0v) is 17.6. The fourth-order valence-corrected chi connectivity index (χ4v) is 3.58. The van der Waals surface area contributed by atoms with Gasteiger partial charge in [-0.3, -0.25) is 9.80 Å². The number of methoxy groups -OCH3 is 2. The van der Waals surface area contributed by atoms with Crippen molar-refractivity contribution in [3.05, 3.63) is 71.8 Å². The molecule has 0 spiro atoms. The molecule has 160 valence electrons. The van der Waals surface area contributed by atoms with Gasteiger partial charge in [0.1, 0.15) is 5.69 Å². The number of aromatic nitrogens is 2. The highest BCUT2D eigenvalue weighted by Gasteiger charge is 2.18. The molecule has 1 amide bonds. The number of rotatable bonds is 7. The number of carbonyl (C=O) groups is 1. The summed E-state index contributed by atoms with van der Waals surface area (Å²) in [6.45, 7) is 1.44. The summed E-state index contributed by atoms with van der Waals surface area (Å²) in [7, 11) is 3.26. The lowest BCUT2D eigenvalue weighted by Crippen LogP contribution is -2.26. The van der Waals surface area contributed by atoms with E-state index >= 15 is 0 Å². The van der Waals surface area contributed by atoms with Crippen LogP contribution in [0.5, 0.6) is 11.5 Å². The first-order valence-electron chi connectivity index (χ1n) is 10.1. The Labute approximate surface area is 180 Å². The Balaban J connectivity index is 1.53. The lowest BCUT2D eigenvalue weighted by atomic mass is 10.0. The minimum atomic E-state index is -0.224. The number of hydrazone groups is 1. The number of benzene rings is 2. The second-order valence-corrected chi connectivity index (χ2v) is 7.18. The number of anilines is 1. The number of aromatic amines is 1. The van der Waals surface area contributed by atoms with Crippen LogP contribution in [0.3, 0.4) is 0 Å². The van der Waals surface area contributed by atoms with Gasteiger partial charge < -0.3 is 19.8 Å². The molecule has 2 N–H and O–H groups in total. The SMILES string of the molecule is COc1ccc(C2=NN(Cc3ccccc3NC(=O)c3cnc[nH]3)CCC2)cc1OC. The molecule has 2 heterocycles. The van der Waals surface area contributed by atoms with Gasteiger partial charge in [-0.1, -0.05) is 18.2 Å². The van der Waals surface area contributed by atoms with Crippen molar-refractivity contribution < 1.29 is 14.3 Å². The molecule has 2 aromatic carbocycles. The third kappa shape index (κ3) is 4.69. The molecule has 8 nitrogen and oxygen atoms in total. The number of ether oxygens (including phenoxy) is 2. The van der Waals surface area contributed by atoms with E-state index in [1.54, 1.807) is 14.2 Å². The van der Waals surface area contributed by atoms with Gasteiger partial charge in [0.25, 0.3) is 5.91 Å². The summed E-state index contributed by atoms with van der Waals surface area (Å²) >= 11 is 0. The summed E-state index contributed by atoms with van der Waals surface area (Å²) in [4.78, 5) is 19.2. The first-order valence-corrected chi connectivity index (χ1v) is 10.1. The van der Waals surface area contributed by atoms with Crippen molar-refractivity contribution in [2.75, 3.05) is 26.1 Å². The Bertz CT molecular complexity index is 1080. The van der Waals surface area contributed by atoms with Gasteiger partial charge in [-0.2, -0.15) is 5.10 Å². The van der Waals surface area contributed by atoms with Crippen LogP contribution in [-0.2, 0) is 6.54 Å². The van der Waals surface area contributed by atoms with Crippen LogP contribution in [0.15, 0.2) is 60.1 Å². The maximum atomic E-state index is 12.4. The molecule has 0 fully saturated rings. The second kappa shape index (κ2) is 9.34. The van der Waals surface area contributed by atoms with Crippen LogP contribution in [0.25, 0.3) is 0 Å². The molecular formula is C23H25N5O3. The fourth-order valence-electron chi connectivity index (χ4n) is 3.58. The van der Waals surface area contributed by atoms with Crippen LogP contribution in [0.2, 0.25) is 0 Å². The number of imidazole rings is 1. The minimum Gasteiger partial charge on any atom is -0.493 e. The monoisotopic (exact) mass is 419 g/mol. The molecule has 8 heteroatoms. The predicted octanol–water partition coefficient (Wildman–Crippen LogP) is 3.68. The number of para-hydroxylation sites is 1. The number of amides is 1. The maximum Gasteiger partial charge on any atom is 0.273 e. The fraction of sp³-hybridized carbons (Fsp3) is 0.261. The van der Waals surface area contributed by atoms with Gasteiger partial charge in [-0.15, -0.1) is 0 Å². The van der Waals surface area contributed by atoms with Crippen LogP contribution in [-0.4, -0.2) is 47.4 Å². The molecular weight excluding hydrogens is 394 g/mol. The number of nitrogens with one attached hydrogen (secondary N) is 2. The minimum absolute atomic E-state index is 0.224. The van der Waals surface area contributed by atoms with E-state index in [-0.39, 0.29) is 5.91 Å². The first kappa shape index (κ1) is 20.5. The Morgan fingerprint density at radius 3 is 2.77 bits per heavy atom. The molecule has 0 atom stereocenters. The van der Waals surface area contributed by atoms with Gasteiger partial charge in [0, 0.05) is 17.8 Å². The van der Waals surface area contributed by atoms with Crippen molar-refractivity contribution in [3.63, 3.8) is 0 Å². The number of carbonyl (C=O) groups excluding carboxylic acids is 1. The molecule has 1 aliphatic rings. The summed E-state index contributed by atoms with van der Waals surface area (Å²) in [5.41, 5.74) is 4.19. The van der Waals surface area contributed by atoms with E-state index in [1.807, 2.05) is 47.5 Å². The second-order valence-electron chi connectivity index (χ2n) is 7.18. The zero-order chi connectivity index (χ0) is 21.6. The molecule has 0 radical (unpaired) electrons. The molecule has 0 unspecified atom stereocenters. The zero-order valence-electron chi connectivity index (χ0n) is 17.6. The van der Waals surface area contributed by atoms with E-state index < -0.39 is 0 Å². The molecule has 0 aliphatic carbocycles. The molecule has 0 saturated heterocycles. The summed E-state index contributed by atoms with van der Waals surface area (Å²) in [5, 5.41) is 9.87. The van der Waals surface area contributed by atoms with Crippen molar-refractivity contribution >= 4 is 17.3 Å². The van der Waals surface area contributed by atoms with Crippen molar-refractivity contribution in [1.82, 2.24) is 15.0 Å². The van der Waals surface area contributed by atoms with Crippen LogP contribution in [0.1, 0.15) is 34.5 Å². The highest BCUT2D eigenvalue weighted by atomic mass is 16.5. The topological polar surface area (TPSA) is 91.8 Å². The normalized spacial score (nSPS) is 13.5. The largest absolute Gasteiger partial charge is 0.493 e. The maximum absolute atomic E-state index is 12.4. The number of H-pyrrole nitrogens is 1. The van der Waals surface area contributed by atoms with Crippen molar-refractivity contribution in [2.24, 2.45) is 5.10 Å². The molecule has 0 bridgehead atoms. The molecule has 1 aromatic heterocycles. The van der Waals surface area contributed by atoms with Gasteiger partial charge >= 0.3 is 0 Å². The van der Waals surface area contributed by atoms with Crippen LogP contribution in [0.4, 0.5) is 5.69 Å². The van der Waals surface area contributed by atoms with Gasteiger partial charge in [0.05, 0.1) is 39.0 Å². The third-order valence-corrected chi connectivity index (χ3v) is 5.17. The van der Waals surface area contributed by atoms with Crippen LogP contribution >= 0.6 is 0 Å². The lowest BCUT2D eigenvalue weighted by molar-refractivity contribution is 0.102. The van der Waals surface area contributed by atoms with Crippen molar-refractivity contribution in [3.8, 4) is 11.5 Å². The Morgan fingerprint density at radius 2 is 2.00 bits per heavy atom. The average molecular weight is 419 g/mol. The van der Waals surface area contributed by atoms with Crippen molar-refractivity contribution in [2.45, 2.75) is 19.4 Å². The molecule has 1 aliphatic heterocycles. The van der Waals surface area contributed by atoms with E-state index in [2.05, 4.69) is 15.3 Å². The standard InChI is InChI=1S/C23H25N5O3/c1-30-21-10-9-16(12-22(21)31-2)19-8-5-11-28(27-19)14-17-6-3-4-7-18(17)26-23(29)20-13-24-15-25-20/h3-4,6-7,9-10,12-13,15H,5,8,11,14H2,1-2H3,(H,24,25)(H,26,29). The number of hydrogen-bond acceptors (Lipinski definition) is 6. The number of nitrogens with zero attached hydrogens (tertiary/aromatic N) is 3. The third-order valence-electron chi connectivity index (χ3n) is 5.17. The Hall–Kier alpha value is -3.81. The lowest BCUT2D eigenvalue weighted by Gasteiger charge is -2.26. The molecule has 31 heavy (non-hydrogen) atoms. The average Bonchev–Trinajstić information content (AvgIpc) is 3.35. The van der Waals surface area contributed by atoms with Gasteiger partial charge in [0.15, 0.2) is 11.5 Å². The summed E-state index contributed by atoms with van der Waals surface area (Å²) in [5.74, 6) is 1.16. The summed E-state index contributed by atoms with van der Waals surface area (Å²) in [6.07, 6.45) is 4.88. The Kier molecular flexibility index (Phi) is 6.16. The highest BCUT2D eigenvalue weighted by molar-refractivity contribution is 6.03. The summed E-state index contributed by atoms with van der Waals surface area (Å²) in [6, 6.07) is 13.6. The Morgan fingerprint density at radius 1 is 1.16 bits per heavy atom. The van der Waals surface area contributed by atoms with E-state index in [0.717, 1.165) is 41.9 Å². The van der Waals surface area contributed by atoms with Crippen LogP contribution in [0, 0.1) is 0 Å². The molecule has 4 rings (SSSR count). The van der Waals surface area contributed by atoms with E-state index in [1.165, 1.54) is 12.5 Å². The molecule has 0 saturated carbocycles. The highest BCUT2D eigenvalue weighted by Crippen LogP contribution is 2.29. The summed E-state index contributed by atoms with van der Waals surface area (Å²) < 4.78 is 10.8. The van der Waals surface area contributed by atoms with Gasteiger partial charge in [-0.25, -0.2) is 4.98 Å². The smallest absolute Gasteiger partial charge is 0.273 e. The van der Waals surface area contributed by atoms with E-state index in [9.17, 15) is 4.79 Å². The van der Waals surface area contributed by atoms with Crippen LogP contribution < -0.4 is 14.8 Å². The van der Waals surface area contributed by atoms with Gasteiger partial charge in [0.2, 0.25) is 0 Å². The van der Waals surface area contributed by atoms with Gasteiger partial charge in [-0.05, 0) is 42.7 Å². The predicted molar refractivity (Wildman–Crippen MR) is 119 cm³/mol. The quantitative estimate of drug-likeness (QED) is 0.610. The van der Waals surface area contributed by atoms with Crippen molar-refractivity contribution in [1.29, 1.82) is 0 Å². The number of hydrogen-bond donors (Lipinski definition) is 2. The first-order chi connectivity index (χ1) is 15.2. The molecule has 3 aromatic rings. The van der Waals surface area contributed by atoms with E-state index in [0.29, 0.717) is 23.7 Å². The van der Waals surface area contributed by atoms with E-state index in [4.69, 9.17) is 14.6 Å².